The first kappa shape index (κ1) is 20.3. The molecular weight excluding hydrogens is 363 g/mol. The fraction of sp³-hybridized carbons (Fsp3) is 0.550. The summed E-state index contributed by atoms with van der Waals surface area (Å²) < 4.78 is 13.7. The zero-order valence-corrected chi connectivity index (χ0v) is 16.5. The minimum atomic E-state index is -0.375. The molecule has 2 saturated heterocycles. The van der Waals surface area contributed by atoms with Gasteiger partial charge < -0.3 is 14.7 Å². The monoisotopic (exact) mass is 390 g/mol. The number of nitrogens with zero attached hydrogens (tertiary/aromatic N) is 4. The lowest BCUT2D eigenvalue weighted by molar-refractivity contribution is -0.139. The number of carbonyl (C=O) groups excluding carboxylic acids is 3. The SMILES string of the molecule is CC(=O)N1CCN(C(=O)CN2CCN(C(=O)c3ccc(C)c(F)c3)CC2)CC1. The van der Waals surface area contributed by atoms with Gasteiger partial charge in [0, 0.05) is 64.8 Å². The number of carbonyl (C=O) groups is 3. The molecule has 0 radical (unpaired) electrons. The van der Waals surface area contributed by atoms with Crippen LogP contribution in [-0.4, -0.2) is 96.2 Å². The molecule has 2 heterocycles. The summed E-state index contributed by atoms with van der Waals surface area (Å²) >= 11 is 0. The Morgan fingerprint density at radius 2 is 1.46 bits per heavy atom. The average Bonchev–Trinajstić information content (AvgIpc) is 2.70. The fourth-order valence-electron chi connectivity index (χ4n) is 3.58. The first-order chi connectivity index (χ1) is 13.3. The molecule has 3 rings (SSSR count). The smallest absolute Gasteiger partial charge is 0.254 e. The highest BCUT2D eigenvalue weighted by atomic mass is 19.1. The summed E-state index contributed by atoms with van der Waals surface area (Å²) in [7, 11) is 0. The van der Waals surface area contributed by atoms with Gasteiger partial charge in [-0.2, -0.15) is 0 Å². The van der Waals surface area contributed by atoms with Crippen molar-refractivity contribution in [1.82, 2.24) is 19.6 Å². The molecule has 7 nitrogen and oxygen atoms in total. The van der Waals surface area contributed by atoms with Crippen LogP contribution in [-0.2, 0) is 9.59 Å². The first-order valence-corrected chi connectivity index (χ1v) is 9.66. The summed E-state index contributed by atoms with van der Waals surface area (Å²) in [6.07, 6.45) is 0. The Morgan fingerprint density at radius 1 is 0.893 bits per heavy atom. The van der Waals surface area contributed by atoms with E-state index in [1.54, 1.807) is 40.7 Å². The molecule has 2 aliphatic heterocycles. The Bertz CT molecular complexity index is 754. The van der Waals surface area contributed by atoms with Gasteiger partial charge in [-0.15, -0.1) is 0 Å². The second-order valence-corrected chi connectivity index (χ2v) is 7.42. The summed E-state index contributed by atoms with van der Waals surface area (Å²) in [6.45, 7) is 8.07. The van der Waals surface area contributed by atoms with Crippen molar-refractivity contribution in [3.63, 3.8) is 0 Å². The molecule has 3 amide bonds. The maximum Gasteiger partial charge on any atom is 0.254 e. The average molecular weight is 390 g/mol. The van der Waals surface area contributed by atoms with Gasteiger partial charge in [-0.25, -0.2) is 4.39 Å². The predicted molar refractivity (Wildman–Crippen MR) is 102 cm³/mol. The number of hydrogen-bond donors (Lipinski definition) is 0. The number of rotatable bonds is 3. The predicted octanol–water partition coefficient (Wildman–Crippen LogP) is 0.583. The standard InChI is InChI=1S/C20H27FN4O3/c1-15-3-4-17(13-18(15)21)20(28)25-7-5-22(6-8-25)14-19(27)24-11-9-23(10-12-24)16(2)26/h3-4,13H,5-12,14H2,1-2H3. The van der Waals surface area contributed by atoms with Crippen molar-refractivity contribution in [3.8, 4) is 0 Å². The maximum atomic E-state index is 13.7. The summed E-state index contributed by atoms with van der Waals surface area (Å²) in [6, 6.07) is 4.55. The van der Waals surface area contributed by atoms with Crippen LogP contribution in [0.5, 0.6) is 0 Å². The number of amides is 3. The van der Waals surface area contributed by atoms with Crippen molar-refractivity contribution >= 4 is 17.7 Å². The quantitative estimate of drug-likeness (QED) is 0.758. The van der Waals surface area contributed by atoms with E-state index in [-0.39, 0.29) is 23.5 Å². The number of piperazine rings is 2. The minimum absolute atomic E-state index is 0.0429. The van der Waals surface area contributed by atoms with Gasteiger partial charge in [0.1, 0.15) is 5.82 Å². The molecule has 0 unspecified atom stereocenters. The highest BCUT2D eigenvalue weighted by molar-refractivity contribution is 5.94. The van der Waals surface area contributed by atoms with Crippen molar-refractivity contribution in [2.45, 2.75) is 13.8 Å². The van der Waals surface area contributed by atoms with E-state index in [0.29, 0.717) is 70.0 Å². The Hall–Kier alpha value is -2.48. The fourth-order valence-corrected chi connectivity index (χ4v) is 3.58. The molecular formula is C20H27FN4O3. The van der Waals surface area contributed by atoms with E-state index < -0.39 is 0 Å². The van der Waals surface area contributed by atoms with Crippen LogP contribution in [0.25, 0.3) is 0 Å². The van der Waals surface area contributed by atoms with Gasteiger partial charge in [0.15, 0.2) is 0 Å². The topological polar surface area (TPSA) is 64.2 Å². The number of benzene rings is 1. The summed E-state index contributed by atoms with van der Waals surface area (Å²) in [5.41, 5.74) is 0.875. The van der Waals surface area contributed by atoms with Gasteiger partial charge in [0.25, 0.3) is 5.91 Å². The third-order valence-corrected chi connectivity index (χ3v) is 5.51. The molecule has 2 aliphatic rings. The van der Waals surface area contributed by atoms with Crippen molar-refractivity contribution in [2.75, 3.05) is 58.9 Å². The Kier molecular flexibility index (Phi) is 6.28. The molecule has 0 aliphatic carbocycles. The van der Waals surface area contributed by atoms with E-state index in [1.807, 2.05) is 4.90 Å². The molecule has 0 N–H and O–H groups in total. The van der Waals surface area contributed by atoms with E-state index in [0.717, 1.165) is 0 Å². The molecule has 1 aromatic carbocycles. The molecule has 1 aromatic rings. The van der Waals surface area contributed by atoms with E-state index in [4.69, 9.17) is 0 Å². The molecule has 0 saturated carbocycles. The molecule has 28 heavy (non-hydrogen) atoms. The third-order valence-electron chi connectivity index (χ3n) is 5.51. The zero-order valence-electron chi connectivity index (χ0n) is 16.5. The van der Waals surface area contributed by atoms with Crippen LogP contribution < -0.4 is 0 Å². The zero-order chi connectivity index (χ0) is 20.3. The third kappa shape index (κ3) is 4.67. The molecule has 0 spiro atoms. The number of aryl methyl sites for hydroxylation is 1. The second kappa shape index (κ2) is 8.68. The molecule has 2 fully saturated rings. The second-order valence-electron chi connectivity index (χ2n) is 7.42. The highest BCUT2D eigenvalue weighted by Gasteiger charge is 2.27. The summed E-state index contributed by atoms with van der Waals surface area (Å²) in [5, 5.41) is 0. The van der Waals surface area contributed by atoms with Gasteiger partial charge in [0.2, 0.25) is 11.8 Å². The van der Waals surface area contributed by atoms with Crippen LogP contribution in [0.4, 0.5) is 4.39 Å². The number of hydrogen-bond acceptors (Lipinski definition) is 4. The van der Waals surface area contributed by atoms with E-state index in [9.17, 15) is 18.8 Å². The lowest BCUT2D eigenvalue weighted by atomic mass is 10.1. The Labute approximate surface area is 164 Å². The highest BCUT2D eigenvalue weighted by Crippen LogP contribution is 2.13. The van der Waals surface area contributed by atoms with E-state index in [1.165, 1.54) is 6.07 Å². The van der Waals surface area contributed by atoms with Crippen molar-refractivity contribution in [3.05, 3.63) is 35.1 Å². The van der Waals surface area contributed by atoms with E-state index >= 15 is 0 Å². The van der Waals surface area contributed by atoms with Crippen LogP contribution in [0.3, 0.4) is 0 Å². The van der Waals surface area contributed by atoms with Crippen LogP contribution in [0, 0.1) is 12.7 Å². The van der Waals surface area contributed by atoms with Crippen molar-refractivity contribution in [1.29, 1.82) is 0 Å². The number of halogens is 1. The van der Waals surface area contributed by atoms with Gasteiger partial charge in [-0.1, -0.05) is 6.07 Å². The molecule has 8 heteroatoms. The van der Waals surface area contributed by atoms with E-state index in [2.05, 4.69) is 0 Å². The summed E-state index contributed by atoms with van der Waals surface area (Å²) in [5.74, 6) is -0.449. The Balaban J connectivity index is 1.46. The first-order valence-electron chi connectivity index (χ1n) is 9.66. The molecule has 152 valence electrons. The minimum Gasteiger partial charge on any atom is -0.339 e. The van der Waals surface area contributed by atoms with Crippen LogP contribution >= 0.6 is 0 Å². The van der Waals surface area contributed by atoms with Gasteiger partial charge >= 0.3 is 0 Å². The van der Waals surface area contributed by atoms with Crippen LogP contribution in [0.15, 0.2) is 18.2 Å². The molecule has 0 atom stereocenters. The lowest BCUT2D eigenvalue weighted by Gasteiger charge is -2.37. The van der Waals surface area contributed by atoms with Crippen molar-refractivity contribution < 1.29 is 18.8 Å². The lowest BCUT2D eigenvalue weighted by Crippen LogP contribution is -2.54. The van der Waals surface area contributed by atoms with Crippen molar-refractivity contribution in [2.24, 2.45) is 0 Å². The summed E-state index contributed by atoms with van der Waals surface area (Å²) in [4.78, 5) is 43.7. The van der Waals surface area contributed by atoms with Gasteiger partial charge in [-0.3, -0.25) is 19.3 Å². The normalized spacial score (nSPS) is 18.3. The molecule has 0 bridgehead atoms. The maximum absolute atomic E-state index is 13.7. The van der Waals surface area contributed by atoms with Gasteiger partial charge in [-0.05, 0) is 24.6 Å². The van der Waals surface area contributed by atoms with Crippen LogP contribution in [0.1, 0.15) is 22.8 Å². The largest absolute Gasteiger partial charge is 0.339 e. The van der Waals surface area contributed by atoms with Crippen LogP contribution in [0.2, 0.25) is 0 Å². The van der Waals surface area contributed by atoms with Gasteiger partial charge in [0.05, 0.1) is 6.54 Å². The molecule has 0 aromatic heterocycles. The Morgan fingerprint density at radius 3 is 2.04 bits per heavy atom.